The number of thioether (sulfide) groups is 1. The van der Waals surface area contributed by atoms with Crippen LogP contribution in [0, 0.1) is 0 Å². The summed E-state index contributed by atoms with van der Waals surface area (Å²) < 4.78 is 5.92. The van der Waals surface area contributed by atoms with Gasteiger partial charge in [0, 0.05) is 14.6 Å². The molecule has 0 aliphatic rings. The third-order valence-corrected chi connectivity index (χ3v) is 4.61. The number of likely N-dealkylation sites (N-methyl/N-ethyl adjacent to an activating group) is 1. The number of ether oxygens (including phenoxy) is 1. The van der Waals surface area contributed by atoms with Crippen molar-refractivity contribution in [3.05, 3.63) is 28.7 Å². The SMILES string of the molecule is CNC(C)(CC(C)Sc1cccc(Br)c1)C(=O)OC. The second-order valence-electron chi connectivity index (χ2n) is 4.66. The Morgan fingerprint density at radius 3 is 2.79 bits per heavy atom. The fourth-order valence-corrected chi connectivity index (χ4v) is 3.69. The molecule has 0 aliphatic carbocycles. The van der Waals surface area contributed by atoms with E-state index in [1.165, 1.54) is 12.0 Å². The molecule has 2 atom stereocenters. The minimum absolute atomic E-state index is 0.225. The fraction of sp³-hybridized carbons (Fsp3) is 0.500. The Morgan fingerprint density at radius 2 is 2.26 bits per heavy atom. The molecule has 5 heteroatoms. The first-order valence-corrected chi connectivity index (χ1v) is 7.78. The van der Waals surface area contributed by atoms with Crippen LogP contribution in [0.5, 0.6) is 0 Å². The largest absolute Gasteiger partial charge is 0.468 e. The van der Waals surface area contributed by atoms with Crippen molar-refractivity contribution in [2.75, 3.05) is 14.2 Å². The molecule has 0 aromatic heterocycles. The first-order chi connectivity index (χ1) is 8.91. The highest BCUT2D eigenvalue weighted by Crippen LogP contribution is 2.30. The van der Waals surface area contributed by atoms with E-state index in [-0.39, 0.29) is 5.97 Å². The van der Waals surface area contributed by atoms with Crippen LogP contribution in [0.2, 0.25) is 0 Å². The lowest BCUT2D eigenvalue weighted by Gasteiger charge is -2.28. The molecule has 0 heterocycles. The topological polar surface area (TPSA) is 38.3 Å². The number of rotatable bonds is 6. The molecule has 0 spiro atoms. The van der Waals surface area contributed by atoms with Gasteiger partial charge in [-0.1, -0.05) is 28.9 Å². The van der Waals surface area contributed by atoms with Gasteiger partial charge in [-0.25, -0.2) is 0 Å². The quantitative estimate of drug-likeness (QED) is 0.632. The Hall–Kier alpha value is -0.520. The Bertz CT molecular complexity index is 441. The lowest BCUT2D eigenvalue weighted by Crippen LogP contribution is -2.49. The van der Waals surface area contributed by atoms with Crippen molar-refractivity contribution in [3.8, 4) is 0 Å². The van der Waals surface area contributed by atoms with Crippen LogP contribution in [0.1, 0.15) is 20.3 Å². The Morgan fingerprint density at radius 1 is 1.58 bits per heavy atom. The number of halogens is 1. The van der Waals surface area contributed by atoms with Crippen LogP contribution in [0.25, 0.3) is 0 Å². The van der Waals surface area contributed by atoms with Crippen molar-refractivity contribution in [2.24, 2.45) is 0 Å². The van der Waals surface area contributed by atoms with E-state index in [9.17, 15) is 4.79 Å². The number of esters is 1. The predicted molar refractivity (Wildman–Crippen MR) is 83.6 cm³/mol. The van der Waals surface area contributed by atoms with Crippen LogP contribution in [0.3, 0.4) is 0 Å². The first-order valence-electron chi connectivity index (χ1n) is 6.11. The Balaban J connectivity index is 2.68. The van der Waals surface area contributed by atoms with Gasteiger partial charge in [0.2, 0.25) is 0 Å². The summed E-state index contributed by atoms with van der Waals surface area (Å²) in [5.74, 6) is -0.225. The molecule has 0 aliphatic heterocycles. The van der Waals surface area contributed by atoms with Crippen molar-refractivity contribution in [1.29, 1.82) is 0 Å². The molecule has 0 fully saturated rings. The minimum Gasteiger partial charge on any atom is -0.468 e. The van der Waals surface area contributed by atoms with Gasteiger partial charge in [-0.3, -0.25) is 4.79 Å². The van der Waals surface area contributed by atoms with Crippen LogP contribution in [0.15, 0.2) is 33.6 Å². The van der Waals surface area contributed by atoms with E-state index in [2.05, 4.69) is 40.3 Å². The van der Waals surface area contributed by atoms with E-state index in [0.717, 1.165) is 4.47 Å². The van der Waals surface area contributed by atoms with Crippen molar-refractivity contribution >= 4 is 33.7 Å². The molecule has 0 saturated heterocycles. The number of benzene rings is 1. The maximum Gasteiger partial charge on any atom is 0.325 e. The number of nitrogens with one attached hydrogen (secondary N) is 1. The van der Waals surface area contributed by atoms with Gasteiger partial charge in [-0.05, 0) is 38.6 Å². The van der Waals surface area contributed by atoms with E-state index in [1.54, 1.807) is 18.8 Å². The van der Waals surface area contributed by atoms with Gasteiger partial charge in [0.05, 0.1) is 7.11 Å². The maximum atomic E-state index is 11.8. The van der Waals surface area contributed by atoms with Gasteiger partial charge in [-0.15, -0.1) is 11.8 Å². The number of hydrogen-bond acceptors (Lipinski definition) is 4. The highest BCUT2D eigenvalue weighted by molar-refractivity contribution is 9.10. The maximum absolute atomic E-state index is 11.8. The molecular formula is C14H20BrNO2S. The molecule has 0 saturated carbocycles. The van der Waals surface area contributed by atoms with Gasteiger partial charge >= 0.3 is 5.97 Å². The lowest BCUT2D eigenvalue weighted by molar-refractivity contribution is -0.147. The summed E-state index contributed by atoms with van der Waals surface area (Å²) in [6.45, 7) is 3.99. The zero-order valence-electron chi connectivity index (χ0n) is 11.7. The van der Waals surface area contributed by atoms with Crippen molar-refractivity contribution in [3.63, 3.8) is 0 Å². The summed E-state index contributed by atoms with van der Waals surface area (Å²) in [6, 6.07) is 8.16. The van der Waals surface area contributed by atoms with E-state index in [0.29, 0.717) is 11.7 Å². The summed E-state index contributed by atoms with van der Waals surface area (Å²) >= 11 is 5.21. The second-order valence-corrected chi connectivity index (χ2v) is 7.09. The lowest BCUT2D eigenvalue weighted by atomic mass is 9.96. The number of carbonyl (C=O) groups excluding carboxylic acids is 1. The third-order valence-electron chi connectivity index (χ3n) is 3.02. The third kappa shape index (κ3) is 4.82. The van der Waals surface area contributed by atoms with Crippen molar-refractivity contribution in [1.82, 2.24) is 5.32 Å². The van der Waals surface area contributed by atoms with E-state index < -0.39 is 5.54 Å². The van der Waals surface area contributed by atoms with Gasteiger partial charge in [-0.2, -0.15) is 0 Å². The van der Waals surface area contributed by atoms with Crippen LogP contribution >= 0.6 is 27.7 Å². The van der Waals surface area contributed by atoms with Crippen molar-refractivity contribution in [2.45, 2.75) is 36.0 Å². The van der Waals surface area contributed by atoms with Crippen LogP contribution in [-0.4, -0.2) is 30.9 Å². The number of carbonyl (C=O) groups is 1. The fourth-order valence-electron chi connectivity index (χ4n) is 1.90. The smallest absolute Gasteiger partial charge is 0.325 e. The Labute approximate surface area is 127 Å². The van der Waals surface area contributed by atoms with Gasteiger partial charge in [0.25, 0.3) is 0 Å². The normalized spacial score (nSPS) is 15.6. The predicted octanol–water partition coefficient (Wildman–Crippen LogP) is 3.47. The van der Waals surface area contributed by atoms with E-state index in [1.807, 2.05) is 19.1 Å². The molecule has 3 nitrogen and oxygen atoms in total. The molecule has 0 bridgehead atoms. The highest BCUT2D eigenvalue weighted by atomic mass is 79.9. The summed E-state index contributed by atoms with van der Waals surface area (Å²) in [5, 5.41) is 3.36. The number of methoxy groups -OCH3 is 1. The standard InChI is InChI=1S/C14H20BrNO2S/c1-10(9-14(2,16-3)13(17)18-4)19-12-7-5-6-11(15)8-12/h5-8,10,16H,9H2,1-4H3. The van der Waals surface area contributed by atoms with E-state index >= 15 is 0 Å². The monoisotopic (exact) mass is 345 g/mol. The number of hydrogen-bond donors (Lipinski definition) is 1. The molecule has 1 N–H and O–H groups in total. The summed E-state index contributed by atoms with van der Waals surface area (Å²) in [7, 11) is 3.21. The molecule has 2 unspecified atom stereocenters. The summed E-state index contributed by atoms with van der Waals surface area (Å²) in [4.78, 5) is 13.0. The zero-order chi connectivity index (χ0) is 14.5. The highest BCUT2D eigenvalue weighted by Gasteiger charge is 2.34. The zero-order valence-corrected chi connectivity index (χ0v) is 14.1. The van der Waals surface area contributed by atoms with Crippen LogP contribution in [0.4, 0.5) is 0 Å². The van der Waals surface area contributed by atoms with Crippen LogP contribution < -0.4 is 5.32 Å². The minimum atomic E-state index is -0.646. The molecule has 1 aromatic rings. The summed E-state index contributed by atoms with van der Waals surface area (Å²) in [5.41, 5.74) is -0.646. The molecule has 19 heavy (non-hydrogen) atoms. The molecule has 1 rings (SSSR count). The molecule has 1 aromatic carbocycles. The van der Waals surface area contributed by atoms with Crippen LogP contribution in [-0.2, 0) is 9.53 Å². The Kier molecular flexibility index (Phi) is 6.36. The average molecular weight is 346 g/mol. The first kappa shape index (κ1) is 16.5. The van der Waals surface area contributed by atoms with Gasteiger partial charge in [0.15, 0.2) is 0 Å². The second kappa shape index (κ2) is 7.31. The van der Waals surface area contributed by atoms with Crippen molar-refractivity contribution < 1.29 is 9.53 Å². The molecule has 0 radical (unpaired) electrons. The summed E-state index contributed by atoms with van der Waals surface area (Å²) in [6.07, 6.45) is 0.702. The average Bonchev–Trinajstić information content (AvgIpc) is 2.37. The molecule has 0 amide bonds. The molecule has 106 valence electrons. The van der Waals surface area contributed by atoms with Gasteiger partial charge < -0.3 is 10.1 Å². The van der Waals surface area contributed by atoms with Gasteiger partial charge in [0.1, 0.15) is 5.54 Å². The molecular weight excluding hydrogens is 326 g/mol. The van der Waals surface area contributed by atoms with E-state index in [4.69, 9.17) is 4.74 Å².